The van der Waals surface area contributed by atoms with Crippen molar-refractivity contribution in [3.05, 3.63) is 35.6 Å². The van der Waals surface area contributed by atoms with Gasteiger partial charge in [0.1, 0.15) is 5.82 Å². The zero-order valence-corrected chi connectivity index (χ0v) is 9.29. The molecule has 2 aliphatic rings. The first-order chi connectivity index (χ1) is 7.77. The van der Waals surface area contributed by atoms with E-state index in [2.05, 4.69) is 4.90 Å². The Kier molecular flexibility index (Phi) is 2.45. The van der Waals surface area contributed by atoms with E-state index in [1.807, 2.05) is 12.1 Å². The molecule has 3 heteroatoms. The second-order valence-corrected chi connectivity index (χ2v) is 4.84. The van der Waals surface area contributed by atoms with E-state index in [0.717, 1.165) is 44.6 Å². The maximum atomic E-state index is 13.5. The van der Waals surface area contributed by atoms with Crippen molar-refractivity contribution in [3.8, 4) is 0 Å². The lowest BCUT2D eigenvalue weighted by atomic mass is 9.97. The number of halogens is 1. The third-order valence-electron chi connectivity index (χ3n) is 3.67. The normalized spacial score (nSPS) is 23.6. The van der Waals surface area contributed by atoms with Gasteiger partial charge >= 0.3 is 0 Å². The largest absolute Gasteiger partial charge is 0.369 e. The molecule has 0 amide bonds. The molecule has 16 heavy (non-hydrogen) atoms. The first-order valence-corrected chi connectivity index (χ1v) is 5.87. The van der Waals surface area contributed by atoms with Gasteiger partial charge in [-0.25, -0.2) is 4.39 Å². The summed E-state index contributed by atoms with van der Waals surface area (Å²) in [6.45, 7) is 3.70. The summed E-state index contributed by atoms with van der Waals surface area (Å²) in [6.07, 6.45) is 2.20. The van der Waals surface area contributed by atoms with Crippen molar-refractivity contribution < 1.29 is 9.13 Å². The number of hydrogen-bond donors (Lipinski definition) is 0. The van der Waals surface area contributed by atoms with E-state index in [1.54, 1.807) is 6.07 Å². The fourth-order valence-corrected chi connectivity index (χ4v) is 2.38. The molecule has 1 aromatic carbocycles. The highest BCUT2D eigenvalue weighted by atomic mass is 19.1. The zero-order chi connectivity index (χ0) is 11.0. The summed E-state index contributed by atoms with van der Waals surface area (Å²) < 4.78 is 18.9. The number of benzene rings is 1. The van der Waals surface area contributed by atoms with Gasteiger partial charge in [-0.15, -0.1) is 0 Å². The third-order valence-corrected chi connectivity index (χ3v) is 3.67. The van der Waals surface area contributed by atoms with Gasteiger partial charge in [-0.05, 0) is 18.9 Å². The number of epoxide rings is 1. The van der Waals surface area contributed by atoms with Crippen molar-refractivity contribution in [2.75, 3.05) is 19.7 Å². The standard InChI is InChI=1S/C13H16FNO/c14-12-4-2-1-3-11(12)9-15-7-5-13(6-8-15)10-16-13/h1-4H,5-10H2. The molecule has 0 bridgehead atoms. The predicted octanol–water partition coefficient (Wildman–Crippen LogP) is 2.19. The van der Waals surface area contributed by atoms with E-state index >= 15 is 0 Å². The van der Waals surface area contributed by atoms with Gasteiger partial charge < -0.3 is 4.74 Å². The minimum atomic E-state index is -0.0922. The summed E-state index contributed by atoms with van der Waals surface area (Å²) in [4.78, 5) is 2.31. The Labute approximate surface area is 95.0 Å². The van der Waals surface area contributed by atoms with Gasteiger partial charge in [0, 0.05) is 25.2 Å². The van der Waals surface area contributed by atoms with Gasteiger partial charge in [-0.3, -0.25) is 4.90 Å². The molecule has 1 spiro atoms. The average molecular weight is 221 g/mol. The van der Waals surface area contributed by atoms with Crippen molar-refractivity contribution in [1.82, 2.24) is 4.90 Å². The molecule has 0 saturated carbocycles. The summed E-state index contributed by atoms with van der Waals surface area (Å²) in [6, 6.07) is 7.04. The zero-order valence-electron chi connectivity index (χ0n) is 9.29. The number of piperidine rings is 1. The van der Waals surface area contributed by atoms with E-state index in [-0.39, 0.29) is 11.4 Å². The average Bonchev–Trinajstić information content (AvgIpc) is 3.05. The second kappa shape index (κ2) is 3.82. The molecular formula is C13H16FNO. The number of rotatable bonds is 2. The van der Waals surface area contributed by atoms with E-state index in [9.17, 15) is 4.39 Å². The Hall–Kier alpha value is -0.930. The van der Waals surface area contributed by atoms with Crippen molar-refractivity contribution in [3.63, 3.8) is 0 Å². The van der Waals surface area contributed by atoms with Gasteiger partial charge in [-0.2, -0.15) is 0 Å². The molecule has 0 aromatic heterocycles. The van der Waals surface area contributed by atoms with Crippen molar-refractivity contribution in [2.45, 2.75) is 25.0 Å². The topological polar surface area (TPSA) is 15.8 Å². The molecule has 3 rings (SSSR count). The highest BCUT2D eigenvalue weighted by molar-refractivity contribution is 5.17. The Morgan fingerprint density at radius 2 is 1.94 bits per heavy atom. The number of nitrogens with zero attached hydrogens (tertiary/aromatic N) is 1. The molecular weight excluding hydrogens is 205 g/mol. The smallest absolute Gasteiger partial charge is 0.127 e. The second-order valence-electron chi connectivity index (χ2n) is 4.84. The van der Waals surface area contributed by atoms with Crippen LogP contribution in [0.1, 0.15) is 18.4 Å². The Morgan fingerprint density at radius 3 is 2.56 bits per heavy atom. The highest BCUT2D eigenvalue weighted by Gasteiger charge is 2.46. The van der Waals surface area contributed by atoms with Crippen LogP contribution in [-0.2, 0) is 11.3 Å². The van der Waals surface area contributed by atoms with Crippen molar-refractivity contribution >= 4 is 0 Å². The molecule has 1 aromatic rings. The summed E-state index contributed by atoms with van der Waals surface area (Å²) in [7, 11) is 0. The lowest BCUT2D eigenvalue weighted by molar-refractivity contribution is 0.140. The first kappa shape index (κ1) is 10.2. The van der Waals surface area contributed by atoms with E-state index in [4.69, 9.17) is 4.74 Å². The summed E-state index contributed by atoms with van der Waals surface area (Å²) in [5.74, 6) is -0.0922. The summed E-state index contributed by atoms with van der Waals surface area (Å²) in [5.41, 5.74) is 1.02. The Balaban J connectivity index is 1.61. The van der Waals surface area contributed by atoms with Crippen LogP contribution < -0.4 is 0 Å². The molecule has 0 atom stereocenters. The van der Waals surface area contributed by atoms with Crippen LogP contribution in [0, 0.1) is 5.82 Å². The summed E-state index contributed by atoms with van der Waals surface area (Å²) in [5, 5.41) is 0. The molecule has 0 unspecified atom stereocenters. The van der Waals surface area contributed by atoms with Crippen molar-refractivity contribution in [1.29, 1.82) is 0 Å². The number of likely N-dealkylation sites (tertiary alicyclic amines) is 1. The lowest BCUT2D eigenvalue weighted by Crippen LogP contribution is -2.37. The van der Waals surface area contributed by atoms with Crippen LogP contribution >= 0.6 is 0 Å². The van der Waals surface area contributed by atoms with Crippen LogP contribution in [0.2, 0.25) is 0 Å². The fraction of sp³-hybridized carbons (Fsp3) is 0.538. The van der Waals surface area contributed by atoms with E-state index < -0.39 is 0 Å². The lowest BCUT2D eigenvalue weighted by Gasteiger charge is -2.30. The summed E-state index contributed by atoms with van der Waals surface area (Å²) >= 11 is 0. The third kappa shape index (κ3) is 1.97. The highest BCUT2D eigenvalue weighted by Crippen LogP contribution is 2.37. The predicted molar refractivity (Wildman–Crippen MR) is 59.6 cm³/mol. The van der Waals surface area contributed by atoms with Crippen LogP contribution in [0.5, 0.6) is 0 Å². The van der Waals surface area contributed by atoms with Crippen LogP contribution in [0.15, 0.2) is 24.3 Å². The molecule has 2 aliphatic heterocycles. The maximum Gasteiger partial charge on any atom is 0.127 e. The molecule has 2 saturated heterocycles. The molecule has 2 fully saturated rings. The van der Waals surface area contributed by atoms with Crippen LogP contribution in [0.25, 0.3) is 0 Å². The molecule has 2 nitrogen and oxygen atoms in total. The molecule has 0 aliphatic carbocycles. The minimum Gasteiger partial charge on any atom is -0.369 e. The van der Waals surface area contributed by atoms with Gasteiger partial charge in [-0.1, -0.05) is 18.2 Å². The van der Waals surface area contributed by atoms with Gasteiger partial charge in [0.2, 0.25) is 0 Å². The minimum absolute atomic E-state index is 0.0922. The number of ether oxygens (including phenoxy) is 1. The quantitative estimate of drug-likeness (QED) is 0.711. The van der Waals surface area contributed by atoms with Crippen LogP contribution in [-0.4, -0.2) is 30.2 Å². The van der Waals surface area contributed by atoms with Gasteiger partial charge in [0.15, 0.2) is 0 Å². The monoisotopic (exact) mass is 221 g/mol. The van der Waals surface area contributed by atoms with E-state index in [1.165, 1.54) is 6.07 Å². The van der Waals surface area contributed by atoms with Gasteiger partial charge in [0.25, 0.3) is 0 Å². The van der Waals surface area contributed by atoms with Gasteiger partial charge in [0.05, 0.1) is 12.2 Å². The SMILES string of the molecule is Fc1ccccc1CN1CCC2(CC1)CO2. The Bertz CT molecular complexity index is 379. The van der Waals surface area contributed by atoms with E-state index in [0.29, 0.717) is 0 Å². The molecule has 0 radical (unpaired) electrons. The molecule has 86 valence electrons. The fourth-order valence-electron chi connectivity index (χ4n) is 2.38. The van der Waals surface area contributed by atoms with Crippen LogP contribution in [0.3, 0.4) is 0 Å². The molecule has 2 heterocycles. The molecule has 0 N–H and O–H groups in total. The number of hydrogen-bond acceptors (Lipinski definition) is 2. The van der Waals surface area contributed by atoms with Crippen LogP contribution in [0.4, 0.5) is 4.39 Å². The maximum absolute atomic E-state index is 13.5. The van der Waals surface area contributed by atoms with Crippen molar-refractivity contribution in [2.24, 2.45) is 0 Å². The first-order valence-electron chi connectivity index (χ1n) is 5.87. The Morgan fingerprint density at radius 1 is 1.25 bits per heavy atom.